The quantitative estimate of drug-likeness (QED) is 0.541. The van der Waals surface area contributed by atoms with E-state index in [0.717, 1.165) is 19.5 Å². The highest BCUT2D eigenvalue weighted by Gasteiger charge is 2.09. The third-order valence-electron chi connectivity index (χ3n) is 4.80. The number of aromatic amines is 1. The summed E-state index contributed by atoms with van der Waals surface area (Å²) in [5, 5.41) is 3.34. The van der Waals surface area contributed by atoms with Gasteiger partial charge in [-0.05, 0) is 37.7 Å². The summed E-state index contributed by atoms with van der Waals surface area (Å²) < 4.78 is 1.43. The number of hydrogen-bond donors (Lipinski definition) is 2. The summed E-state index contributed by atoms with van der Waals surface area (Å²) in [7, 11) is 2.06. The van der Waals surface area contributed by atoms with Gasteiger partial charge in [-0.15, -0.1) is 0 Å². The van der Waals surface area contributed by atoms with E-state index in [0.29, 0.717) is 17.4 Å². The van der Waals surface area contributed by atoms with Crippen molar-refractivity contribution in [2.24, 2.45) is 0 Å². The lowest BCUT2D eigenvalue weighted by atomic mass is 10.2. The molecule has 0 radical (unpaired) electrons. The Labute approximate surface area is 169 Å². The summed E-state index contributed by atoms with van der Waals surface area (Å²) in [5.41, 5.74) is 0.893. The van der Waals surface area contributed by atoms with Crippen molar-refractivity contribution < 1.29 is 4.79 Å². The van der Waals surface area contributed by atoms with Gasteiger partial charge in [-0.2, -0.15) is 0 Å². The molecule has 0 aliphatic rings. The molecule has 0 aliphatic carbocycles. The summed E-state index contributed by atoms with van der Waals surface area (Å²) in [6, 6.07) is 17.1. The van der Waals surface area contributed by atoms with Gasteiger partial charge in [0, 0.05) is 26.1 Å². The first-order valence-corrected chi connectivity index (χ1v) is 9.75. The molecule has 1 amide bonds. The zero-order valence-electron chi connectivity index (χ0n) is 16.6. The molecule has 0 fully saturated rings. The smallest absolute Gasteiger partial charge is 0.328 e. The number of H-pyrrole nitrogens is 1. The van der Waals surface area contributed by atoms with Crippen LogP contribution in [0.2, 0.25) is 0 Å². The van der Waals surface area contributed by atoms with Gasteiger partial charge in [-0.1, -0.05) is 42.5 Å². The van der Waals surface area contributed by atoms with Crippen LogP contribution in [0.5, 0.6) is 0 Å². The first-order chi connectivity index (χ1) is 14.0. The number of fused-ring (bicyclic) bond motifs is 1. The van der Waals surface area contributed by atoms with Crippen molar-refractivity contribution in [2.45, 2.75) is 25.9 Å². The van der Waals surface area contributed by atoms with E-state index in [2.05, 4.69) is 34.4 Å². The number of carbonyl (C=O) groups excluding carboxylic acids is 1. The van der Waals surface area contributed by atoms with Crippen LogP contribution < -0.4 is 16.6 Å². The van der Waals surface area contributed by atoms with Crippen LogP contribution >= 0.6 is 0 Å². The first kappa shape index (κ1) is 20.5. The van der Waals surface area contributed by atoms with Gasteiger partial charge in [0.05, 0.1) is 10.9 Å². The molecule has 2 aromatic carbocycles. The maximum atomic E-state index is 12.2. The summed E-state index contributed by atoms with van der Waals surface area (Å²) in [4.78, 5) is 40.7. The molecule has 29 heavy (non-hydrogen) atoms. The standard InChI is InChI=1S/C22H26N4O3/c1-25(16-17-8-3-2-4-9-17)14-7-13-23-20(27)12-15-26-19-11-6-5-10-18(19)21(28)24-22(26)29/h2-6,8-11H,7,12-16H2,1H3,(H,23,27)(H,24,28,29). The summed E-state index contributed by atoms with van der Waals surface area (Å²) >= 11 is 0. The third-order valence-corrected chi connectivity index (χ3v) is 4.80. The van der Waals surface area contributed by atoms with Crippen LogP contribution in [0.15, 0.2) is 64.2 Å². The van der Waals surface area contributed by atoms with Crippen molar-refractivity contribution in [1.29, 1.82) is 0 Å². The molecule has 3 rings (SSSR count). The SMILES string of the molecule is CN(CCCNC(=O)CCn1c(=O)[nH]c(=O)c2ccccc21)Cc1ccccc1. The Morgan fingerprint density at radius 2 is 1.79 bits per heavy atom. The fourth-order valence-corrected chi connectivity index (χ4v) is 3.32. The second-order valence-corrected chi connectivity index (χ2v) is 7.10. The highest BCUT2D eigenvalue weighted by atomic mass is 16.2. The predicted molar refractivity (Wildman–Crippen MR) is 114 cm³/mol. The van der Waals surface area contributed by atoms with E-state index in [1.807, 2.05) is 18.2 Å². The predicted octanol–water partition coefficient (Wildman–Crippen LogP) is 1.72. The van der Waals surface area contributed by atoms with Gasteiger partial charge in [-0.25, -0.2) is 4.79 Å². The summed E-state index contributed by atoms with van der Waals surface area (Å²) in [6.07, 6.45) is 1.02. The normalized spacial score (nSPS) is 11.1. The van der Waals surface area contributed by atoms with Crippen LogP contribution in [0.1, 0.15) is 18.4 Å². The minimum Gasteiger partial charge on any atom is -0.356 e. The second kappa shape index (κ2) is 9.84. The fraction of sp³-hybridized carbons (Fsp3) is 0.318. The van der Waals surface area contributed by atoms with Crippen LogP contribution in [-0.2, 0) is 17.9 Å². The number of aromatic nitrogens is 2. The van der Waals surface area contributed by atoms with Gasteiger partial charge in [0.1, 0.15) is 0 Å². The zero-order valence-corrected chi connectivity index (χ0v) is 16.6. The number of hydrogen-bond acceptors (Lipinski definition) is 4. The van der Waals surface area contributed by atoms with E-state index in [1.54, 1.807) is 24.3 Å². The van der Waals surface area contributed by atoms with Gasteiger partial charge >= 0.3 is 5.69 Å². The minimum absolute atomic E-state index is 0.113. The molecule has 7 nitrogen and oxygen atoms in total. The molecule has 152 valence electrons. The van der Waals surface area contributed by atoms with Crippen molar-refractivity contribution in [2.75, 3.05) is 20.1 Å². The number of para-hydroxylation sites is 1. The summed E-state index contributed by atoms with van der Waals surface area (Å²) in [6.45, 7) is 2.55. The maximum Gasteiger partial charge on any atom is 0.328 e. The third kappa shape index (κ3) is 5.65. The minimum atomic E-state index is -0.496. The van der Waals surface area contributed by atoms with E-state index in [4.69, 9.17) is 0 Å². The highest BCUT2D eigenvalue weighted by molar-refractivity contribution is 5.78. The average molecular weight is 394 g/mol. The Hall–Kier alpha value is -3.19. The zero-order chi connectivity index (χ0) is 20.6. The molecule has 0 saturated carbocycles. The van der Waals surface area contributed by atoms with Gasteiger partial charge < -0.3 is 10.2 Å². The number of benzene rings is 2. The van der Waals surface area contributed by atoms with Crippen LogP contribution in [0, 0.1) is 0 Å². The van der Waals surface area contributed by atoms with Crippen LogP contribution in [0.25, 0.3) is 10.9 Å². The molecule has 1 heterocycles. The van der Waals surface area contributed by atoms with E-state index in [9.17, 15) is 14.4 Å². The Bertz CT molecular complexity index is 1070. The topological polar surface area (TPSA) is 87.2 Å². The van der Waals surface area contributed by atoms with Gasteiger partial charge in [0.25, 0.3) is 5.56 Å². The van der Waals surface area contributed by atoms with E-state index >= 15 is 0 Å². The molecular formula is C22H26N4O3. The lowest BCUT2D eigenvalue weighted by Gasteiger charge is -2.16. The number of amides is 1. The number of carbonyl (C=O) groups is 1. The molecule has 3 aromatic rings. The van der Waals surface area contributed by atoms with Crippen molar-refractivity contribution in [3.8, 4) is 0 Å². The molecule has 0 atom stereocenters. The molecule has 0 spiro atoms. The van der Waals surface area contributed by atoms with Crippen LogP contribution in [0.4, 0.5) is 0 Å². The Kier molecular flexibility index (Phi) is 6.97. The second-order valence-electron chi connectivity index (χ2n) is 7.10. The van der Waals surface area contributed by atoms with Gasteiger partial charge in [0.2, 0.25) is 5.91 Å². The molecular weight excluding hydrogens is 368 g/mol. The van der Waals surface area contributed by atoms with Crippen LogP contribution in [-0.4, -0.2) is 40.5 Å². The first-order valence-electron chi connectivity index (χ1n) is 9.75. The molecule has 0 saturated heterocycles. The van der Waals surface area contributed by atoms with Crippen LogP contribution in [0.3, 0.4) is 0 Å². The number of nitrogens with zero attached hydrogens (tertiary/aromatic N) is 2. The van der Waals surface area contributed by atoms with E-state index < -0.39 is 11.2 Å². The van der Waals surface area contributed by atoms with Gasteiger partial charge in [-0.3, -0.25) is 19.1 Å². The highest BCUT2D eigenvalue weighted by Crippen LogP contribution is 2.07. The van der Waals surface area contributed by atoms with Gasteiger partial charge in [0.15, 0.2) is 0 Å². The van der Waals surface area contributed by atoms with E-state index in [-0.39, 0.29) is 18.9 Å². The molecule has 1 aromatic heterocycles. The Morgan fingerprint density at radius 3 is 2.59 bits per heavy atom. The average Bonchev–Trinajstić information content (AvgIpc) is 2.72. The monoisotopic (exact) mass is 394 g/mol. The molecule has 0 aliphatic heterocycles. The largest absolute Gasteiger partial charge is 0.356 e. The number of nitrogens with one attached hydrogen (secondary N) is 2. The number of aryl methyl sites for hydroxylation is 1. The van der Waals surface area contributed by atoms with Crippen molar-refractivity contribution in [3.63, 3.8) is 0 Å². The molecule has 0 unspecified atom stereocenters. The Balaban J connectivity index is 1.44. The van der Waals surface area contributed by atoms with Crippen molar-refractivity contribution in [1.82, 2.24) is 19.8 Å². The number of rotatable bonds is 9. The molecule has 2 N–H and O–H groups in total. The fourth-order valence-electron chi connectivity index (χ4n) is 3.32. The van der Waals surface area contributed by atoms with E-state index in [1.165, 1.54) is 10.1 Å². The lowest BCUT2D eigenvalue weighted by Crippen LogP contribution is -2.33. The molecule has 7 heteroatoms. The maximum absolute atomic E-state index is 12.2. The van der Waals surface area contributed by atoms with Crippen molar-refractivity contribution in [3.05, 3.63) is 81.0 Å². The lowest BCUT2D eigenvalue weighted by molar-refractivity contribution is -0.121. The molecule has 0 bridgehead atoms. The van der Waals surface area contributed by atoms with Crippen molar-refractivity contribution >= 4 is 16.8 Å². The summed E-state index contributed by atoms with van der Waals surface area (Å²) in [5.74, 6) is -0.113. The Morgan fingerprint density at radius 1 is 1.07 bits per heavy atom.